The van der Waals surface area contributed by atoms with Gasteiger partial charge in [-0.2, -0.15) is 0 Å². The lowest BCUT2D eigenvalue weighted by molar-refractivity contribution is -0.127. The molecule has 0 heterocycles. The minimum atomic E-state index is -0.731. The van der Waals surface area contributed by atoms with Gasteiger partial charge < -0.3 is 20.5 Å². The summed E-state index contributed by atoms with van der Waals surface area (Å²) in [6.45, 7) is 3.91. The van der Waals surface area contributed by atoms with Crippen molar-refractivity contribution in [2.75, 3.05) is 19.4 Å². The van der Waals surface area contributed by atoms with Crippen molar-refractivity contribution in [1.82, 2.24) is 5.32 Å². The minimum Gasteiger partial charge on any atom is -0.480 e. The van der Waals surface area contributed by atoms with E-state index in [1.54, 1.807) is 25.1 Å². The van der Waals surface area contributed by atoms with Gasteiger partial charge in [0.25, 0.3) is 5.91 Å². The van der Waals surface area contributed by atoms with E-state index in [-0.39, 0.29) is 22.9 Å². The number of esters is 1. The predicted octanol–water partition coefficient (Wildman–Crippen LogP) is 0.959. The molecule has 0 saturated carbocycles. The highest BCUT2D eigenvalue weighted by Gasteiger charge is 2.21. The van der Waals surface area contributed by atoms with Crippen LogP contribution in [0.15, 0.2) is 18.2 Å². The fraction of sp³-hybridized carbons (Fsp3) is 0.385. The van der Waals surface area contributed by atoms with Crippen molar-refractivity contribution in [3.8, 4) is 5.75 Å². The number of methoxy groups -OCH3 is 1. The lowest BCUT2D eigenvalue weighted by atomic mass is 10.1. The summed E-state index contributed by atoms with van der Waals surface area (Å²) in [5, 5.41) is 2.63. The number of anilines is 1. The van der Waals surface area contributed by atoms with Gasteiger partial charge in [0.2, 0.25) is 0 Å². The highest BCUT2D eigenvalue weighted by molar-refractivity contribution is 5.98. The van der Waals surface area contributed by atoms with Crippen LogP contribution < -0.4 is 15.8 Å². The van der Waals surface area contributed by atoms with Crippen molar-refractivity contribution in [2.45, 2.75) is 20.0 Å². The molecule has 1 aromatic carbocycles. The molecule has 0 spiro atoms. The number of hydrogen-bond donors (Lipinski definition) is 2. The fourth-order valence-corrected chi connectivity index (χ4v) is 1.53. The van der Waals surface area contributed by atoms with Crippen LogP contribution in [0.25, 0.3) is 0 Å². The maximum absolute atomic E-state index is 11.6. The van der Waals surface area contributed by atoms with Gasteiger partial charge in [-0.25, -0.2) is 4.79 Å². The Bertz CT molecular complexity index is 474. The van der Waals surface area contributed by atoms with Gasteiger partial charge >= 0.3 is 5.97 Å². The lowest BCUT2D eigenvalue weighted by Crippen LogP contribution is -2.36. The molecule has 0 aliphatic heterocycles. The van der Waals surface area contributed by atoms with Gasteiger partial charge in [-0.15, -0.1) is 0 Å². The quantitative estimate of drug-likeness (QED) is 0.612. The molecule has 104 valence electrons. The minimum absolute atomic E-state index is 0.126. The van der Waals surface area contributed by atoms with Crippen LogP contribution in [0.3, 0.4) is 0 Å². The largest absolute Gasteiger partial charge is 0.480 e. The summed E-state index contributed by atoms with van der Waals surface area (Å²) in [6.07, 6.45) is -0.731. The molecule has 0 bridgehead atoms. The third kappa shape index (κ3) is 3.61. The molecule has 19 heavy (non-hydrogen) atoms. The molecule has 3 N–H and O–H groups in total. The number of likely N-dealkylation sites (N-methyl/N-ethyl adjacent to an activating group) is 1. The number of hydrogen-bond acceptors (Lipinski definition) is 5. The number of amides is 1. The monoisotopic (exact) mass is 266 g/mol. The second-order valence-corrected chi connectivity index (χ2v) is 3.87. The van der Waals surface area contributed by atoms with Crippen molar-refractivity contribution >= 4 is 17.6 Å². The Hall–Kier alpha value is -2.24. The van der Waals surface area contributed by atoms with Gasteiger partial charge in [0.1, 0.15) is 11.3 Å². The molecular formula is C13H18N2O4. The number of nitrogen functional groups attached to an aromatic ring is 1. The Kier molecular flexibility index (Phi) is 5.17. The number of ether oxygens (including phenoxy) is 2. The van der Waals surface area contributed by atoms with Crippen LogP contribution in [0, 0.1) is 0 Å². The Morgan fingerprint density at radius 1 is 1.42 bits per heavy atom. The molecule has 1 unspecified atom stereocenters. The number of rotatable bonds is 5. The zero-order valence-corrected chi connectivity index (χ0v) is 11.2. The molecule has 6 heteroatoms. The first-order valence-corrected chi connectivity index (χ1v) is 5.92. The second-order valence-electron chi connectivity index (χ2n) is 3.87. The van der Waals surface area contributed by atoms with E-state index in [0.29, 0.717) is 6.54 Å². The third-order valence-electron chi connectivity index (χ3n) is 2.47. The molecule has 6 nitrogen and oxygen atoms in total. The Morgan fingerprint density at radius 2 is 2.11 bits per heavy atom. The van der Waals surface area contributed by atoms with Crippen molar-refractivity contribution in [1.29, 1.82) is 0 Å². The number of carbonyl (C=O) groups is 2. The van der Waals surface area contributed by atoms with E-state index in [1.807, 2.05) is 6.92 Å². The molecule has 0 aromatic heterocycles. The highest BCUT2D eigenvalue weighted by atomic mass is 16.5. The summed E-state index contributed by atoms with van der Waals surface area (Å²) < 4.78 is 10.1. The Balaban J connectivity index is 2.98. The zero-order chi connectivity index (χ0) is 14.4. The smallest absolute Gasteiger partial charge is 0.343 e. The SMILES string of the molecule is CCNC(=O)C(C)Oc1cccc(N)c1C(=O)OC. The van der Waals surface area contributed by atoms with Crippen molar-refractivity contribution in [3.05, 3.63) is 23.8 Å². The van der Waals surface area contributed by atoms with Gasteiger partial charge in [-0.3, -0.25) is 4.79 Å². The average molecular weight is 266 g/mol. The summed E-state index contributed by atoms with van der Waals surface area (Å²) in [7, 11) is 1.26. The standard InChI is InChI=1S/C13H18N2O4/c1-4-15-12(16)8(2)19-10-7-5-6-9(14)11(10)13(17)18-3/h5-8H,4,14H2,1-3H3,(H,15,16). The van der Waals surface area contributed by atoms with Crippen LogP contribution in [0.1, 0.15) is 24.2 Å². The fourth-order valence-electron chi connectivity index (χ4n) is 1.53. The van der Waals surface area contributed by atoms with E-state index in [0.717, 1.165) is 0 Å². The molecule has 0 fully saturated rings. The third-order valence-corrected chi connectivity index (χ3v) is 2.47. The van der Waals surface area contributed by atoms with Gasteiger partial charge in [0.15, 0.2) is 6.10 Å². The van der Waals surface area contributed by atoms with E-state index in [1.165, 1.54) is 7.11 Å². The zero-order valence-electron chi connectivity index (χ0n) is 11.2. The van der Waals surface area contributed by atoms with Crippen LogP contribution in [0.2, 0.25) is 0 Å². The Morgan fingerprint density at radius 3 is 2.68 bits per heavy atom. The van der Waals surface area contributed by atoms with E-state index in [2.05, 4.69) is 10.1 Å². The lowest BCUT2D eigenvalue weighted by Gasteiger charge is -2.17. The summed E-state index contributed by atoms with van der Waals surface area (Å²) in [4.78, 5) is 23.2. The van der Waals surface area contributed by atoms with Crippen molar-refractivity contribution in [2.24, 2.45) is 0 Å². The molecule has 1 aromatic rings. The number of nitrogens with two attached hydrogens (primary N) is 1. The van der Waals surface area contributed by atoms with Gasteiger partial charge in [-0.1, -0.05) is 6.07 Å². The van der Waals surface area contributed by atoms with E-state index < -0.39 is 12.1 Å². The molecule has 0 saturated heterocycles. The van der Waals surface area contributed by atoms with E-state index in [9.17, 15) is 9.59 Å². The predicted molar refractivity (Wildman–Crippen MR) is 71.0 cm³/mol. The normalized spacial score (nSPS) is 11.5. The molecule has 1 amide bonds. The maximum atomic E-state index is 11.6. The van der Waals surface area contributed by atoms with E-state index in [4.69, 9.17) is 10.5 Å². The topological polar surface area (TPSA) is 90.6 Å². The molecule has 1 rings (SSSR count). The number of benzene rings is 1. The van der Waals surface area contributed by atoms with Crippen LogP contribution >= 0.6 is 0 Å². The first kappa shape index (κ1) is 14.8. The summed E-state index contributed by atoms with van der Waals surface area (Å²) >= 11 is 0. The summed E-state index contributed by atoms with van der Waals surface area (Å²) in [5.74, 6) is -0.637. The van der Waals surface area contributed by atoms with Gasteiger partial charge in [0.05, 0.1) is 7.11 Å². The molecule has 0 radical (unpaired) electrons. The summed E-state index contributed by atoms with van der Waals surface area (Å²) in [5.41, 5.74) is 6.10. The van der Waals surface area contributed by atoms with Crippen molar-refractivity contribution in [3.63, 3.8) is 0 Å². The Labute approximate surface area is 111 Å². The molecular weight excluding hydrogens is 248 g/mol. The van der Waals surface area contributed by atoms with Gasteiger partial charge in [-0.05, 0) is 26.0 Å². The van der Waals surface area contributed by atoms with Gasteiger partial charge in [0, 0.05) is 12.2 Å². The molecule has 0 aliphatic rings. The number of carbonyl (C=O) groups excluding carboxylic acids is 2. The van der Waals surface area contributed by atoms with Crippen LogP contribution in [-0.2, 0) is 9.53 Å². The second kappa shape index (κ2) is 6.63. The van der Waals surface area contributed by atoms with Crippen molar-refractivity contribution < 1.29 is 19.1 Å². The van der Waals surface area contributed by atoms with Crippen LogP contribution in [0.4, 0.5) is 5.69 Å². The number of nitrogens with one attached hydrogen (secondary N) is 1. The maximum Gasteiger partial charge on any atom is 0.343 e. The van der Waals surface area contributed by atoms with Crippen LogP contribution in [0.5, 0.6) is 5.75 Å². The first-order chi connectivity index (χ1) is 9.01. The molecule has 0 aliphatic carbocycles. The summed E-state index contributed by atoms with van der Waals surface area (Å²) in [6, 6.07) is 4.77. The molecule has 1 atom stereocenters. The van der Waals surface area contributed by atoms with E-state index >= 15 is 0 Å². The average Bonchev–Trinajstić information content (AvgIpc) is 2.38. The highest BCUT2D eigenvalue weighted by Crippen LogP contribution is 2.26. The first-order valence-electron chi connectivity index (χ1n) is 5.92. The van der Waals surface area contributed by atoms with Crippen LogP contribution in [-0.4, -0.2) is 31.6 Å².